The maximum Gasteiger partial charge on any atom is 0.240 e. The minimum Gasteiger partial charge on any atom is -0.342 e. The topological polar surface area (TPSA) is 49.4 Å². The van der Waals surface area contributed by atoms with Crippen molar-refractivity contribution in [3.63, 3.8) is 0 Å². The summed E-state index contributed by atoms with van der Waals surface area (Å²) in [6.45, 7) is 4.92. The van der Waals surface area contributed by atoms with Gasteiger partial charge >= 0.3 is 0 Å². The molecule has 2 amide bonds. The summed E-state index contributed by atoms with van der Waals surface area (Å²) in [7, 11) is 0. The highest BCUT2D eigenvalue weighted by atomic mass is 35.5. The van der Waals surface area contributed by atoms with E-state index in [2.05, 4.69) is 5.32 Å². The van der Waals surface area contributed by atoms with Crippen molar-refractivity contribution in [2.24, 2.45) is 5.41 Å². The number of halogens is 2. The van der Waals surface area contributed by atoms with E-state index in [4.69, 9.17) is 11.6 Å². The van der Waals surface area contributed by atoms with Gasteiger partial charge in [-0.3, -0.25) is 9.59 Å². The number of amides is 2. The second kappa shape index (κ2) is 6.02. The van der Waals surface area contributed by atoms with Gasteiger partial charge in [0, 0.05) is 18.8 Å². The molecule has 0 radical (unpaired) electrons. The molecule has 1 aliphatic carbocycles. The Morgan fingerprint density at radius 1 is 1.33 bits per heavy atom. The molecule has 0 unspecified atom stereocenters. The molecule has 0 aromatic heterocycles. The first kappa shape index (κ1) is 15.8. The molecule has 0 saturated heterocycles. The van der Waals surface area contributed by atoms with E-state index >= 15 is 0 Å². The quantitative estimate of drug-likeness (QED) is 0.849. The molecule has 0 heterocycles. The van der Waals surface area contributed by atoms with Crippen LogP contribution in [0.4, 0.5) is 10.1 Å². The molecule has 0 bridgehead atoms. The molecule has 21 heavy (non-hydrogen) atoms. The first-order chi connectivity index (χ1) is 9.94. The van der Waals surface area contributed by atoms with Gasteiger partial charge in [-0.05, 0) is 44.9 Å². The summed E-state index contributed by atoms with van der Waals surface area (Å²) >= 11 is 5.68. The first-order valence-corrected chi connectivity index (χ1v) is 7.38. The third kappa shape index (κ3) is 3.02. The lowest BCUT2D eigenvalue weighted by Crippen LogP contribution is -2.42. The fourth-order valence-electron chi connectivity index (χ4n) is 2.30. The molecule has 1 aromatic carbocycles. The minimum atomic E-state index is -0.965. The van der Waals surface area contributed by atoms with E-state index in [-0.39, 0.29) is 16.8 Å². The Bertz CT molecular complexity index is 569. The van der Waals surface area contributed by atoms with Gasteiger partial charge in [-0.2, -0.15) is 0 Å². The fourth-order valence-corrected chi connectivity index (χ4v) is 2.48. The van der Waals surface area contributed by atoms with Crippen LogP contribution in [0.25, 0.3) is 0 Å². The number of carbonyl (C=O) groups excluding carboxylic acids is 2. The van der Waals surface area contributed by atoms with Gasteiger partial charge in [0.15, 0.2) is 0 Å². The van der Waals surface area contributed by atoms with Crippen LogP contribution in [0.2, 0.25) is 5.02 Å². The van der Waals surface area contributed by atoms with Crippen molar-refractivity contribution >= 4 is 29.1 Å². The Morgan fingerprint density at radius 3 is 2.43 bits per heavy atom. The van der Waals surface area contributed by atoms with Crippen LogP contribution < -0.4 is 5.32 Å². The molecule has 4 nitrogen and oxygen atoms in total. The molecule has 1 fully saturated rings. The summed E-state index contributed by atoms with van der Waals surface area (Å²) in [4.78, 5) is 26.5. The van der Waals surface area contributed by atoms with Crippen LogP contribution in [0.5, 0.6) is 0 Å². The van der Waals surface area contributed by atoms with Crippen molar-refractivity contribution in [2.75, 3.05) is 18.4 Å². The lowest BCUT2D eigenvalue weighted by molar-refractivity contribution is -0.141. The summed E-state index contributed by atoms with van der Waals surface area (Å²) in [6, 6.07) is 3.95. The summed E-state index contributed by atoms with van der Waals surface area (Å²) in [5.41, 5.74) is -0.572. The molecular formula is C15H18ClFN2O2. The van der Waals surface area contributed by atoms with Crippen molar-refractivity contribution in [1.29, 1.82) is 0 Å². The predicted octanol–water partition coefficient (Wildman–Crippen LogP) is 3.07. The third-order valence-electron chi connectivity index (χ3n) is 3.82. The van der Waals surface area contributed by atoms with Gasteiger partial charge in [-0.1, -0.05) is 11.6 Å². The van der Waals surface area contributed by atoms with Crippen LogP contribution in [0, 0.1) is 11.2 Å². The highest BCUT2D eigenvalue weighted by molar-refractivity contribution is 6.31. The number of benzene rings is 1. The van der Waals surface area contributed by atoms with Crippen LogP contribution in [-0.2, 0) is 9.59 Å². The highest BCUT2D eigenvalue weighted by Gasteiger charge is 2.57. The second-order valence-corrected chi connectivity index (χ2v) is 5.55. The summed E-state index contributed by atoms with van der Waals surface area (Å²) in [6.07, 6.45) is 1.09. The Morgan fingerprint density at radius 2 is 1.95 bits per heavy atom. The molecule has 1 aliphatic rings. The molecule has 6 heteroatoms. The number of hydrogen-bond donors (Lipinski definition) is 1. The number of anilines is 1. The number of nitrogens with one attached hydrogen (secondary N) is 1. The second-order valence-electron chi connectivity index (χ2n) is 5.14. The van der Waals surface area contributed by atoms with Gasteiger partial charge in [-0.15, -0.1) is 0 Å². The van der Waals surface area contributed by atoms with Gasteiger partial charge in [0.25, 0.3) is 0 Å². The third-order valence-corrected chi connectivity index (χ3v) is 4.11. The van der Waals surface area contributed by atoms with Gasteiger partial charge in [0.2, 0.25) is 11.8 Å². The maximum absolute atomic E-state index is 13.1. The van der Waals surface area contributed by atoms with Crippen LogP contribution in [0.1, 0.15) is 26.7 Å². The van der Waals surface area contributed by atoms with Gasteiger partial charge in [0.1, 0.15) is 11.2 Å². The molecule has 1 saturated carbocycles. The molecule has 1 aromatic rings. The minimum absolute atomic E-state index is 0.0623. The summed E-state index contributed by atoms with van der Waals surface area (Å²) < 4.78 is 13.1. The van der Waals surface area contributed by atoms with Crippen LogP contribution in [-0.4, -0.2) is 29.8 Å². The van der Waals surface area contributed by atoms with Crippen molar-refractivity contribution in [2.45, 2.75) is 26.7 Å². The van der Waals surface area contributed by atoms with Crippen molar-refractivity contribution in [3.05, 3.63) is 29.0 Å². The van der Waals surface area contributed by atoms with E-state index in [0.29, 0.717) is 31.6 Å². The Hall–Kier alpha value is -1.62. The average Bonchev–Trinajstić information content (AvgIpc) is 3.26. The summed E-state index contributed by atoms with van der Waals surface area (Å²) in [5, 5.41) is 2.60. The average molecular weight is 313 g/mol. The molecule has 2 rings (SSSR count). The number of hydrogen-bond acceptors (Lipinski definition) is 2. The maximum atomic E-state index is 13.1. The normalized spacial score (nSPS) is 15.4. The zero-order chi connectivity index (χ0) is 15.6. The summed E-state index contributed by atoms with van der Waals surface area (Å²) in [5.74, 6) is -1.03. The standard InChI is InChI=1S/C15H18ClFN2O2/c1-3-19(4-2)14(21)15(7-8-15)13(20)18-10-5-6-12(17)11(16)9-10/h5-6,9H,3-4,7-8H2,1-2H3,(H,18,20). The number of nitrogens with zero attached hydrogens (tertiary/aromatic N) is 1. The Balaban J connectivity index is 2.12. The van der Waals surface area contributed by atoms with Crippen molar-refractivity contribution in [3.8, 4) is 0 Å². The largest absolute Gasteiger partial charge is 0.342 e. The first-order valence-electron chi connectivity index (χ1n) is 7.00. The fraction of sp³-hybridized carbons (Fsp3) is 0.467. The van der Waals surface area contributed by atoms with E-state index in [1.165, 1.54) is 18.2 Å². The van der Waals surface area contributed by atoms with E-state index in [1.807, 2.05) is 13.8 Å². The zero-order valence-corrected chi connectivity index (χ0v) is 12.8. The smallest absolute Gasteiger partial charge is 0.240 e. The van der Waals surface area contributed by atoms with E-state index in [0.717, 1.165) is 0 Å². The molecule has 1 N–H and O–H groups in total. The van der Waals surface area contributed by atoms with Gasteiger partial charge < -0.3 is 10.2 Å². The lowest BCUT2D eigenvalue weighted by Gasteiger charge is -2.24. The molecule has 0 spiro atoms. The zero-order valence-electron chi connectivity index (χ0n) is 12.1. The number of rotatable bonds is 5. The monoisotopic (exact) mass is 312 g/mol. The van der Waals surface area contributed by atoms with Crippen molar-refractivity contribution < 1.29 is 14.0 Å². The number of carbonyl (C=O) groups is 2. The molecule has 0 aliphatic heterocycles. The SMILES string of the molecule is CCN(CC)C(=O)C1(C(=O)Nc2ccc(F)c(Cl)c2)CC1. The molecular weight excluding hydrogens is 295 g/mol. The van der Waals surface area contributed by atoms with Gasteiger partial charge in [0.05, 0.1) is 5.02 Å². The van der Waals surface area contributed by atoms with E-state index in [9.17, 15) is 14.0 Å². The lowest BCUT2D eigenvalue weighted by atomic mass is 10.0. The van der Waals surface area contributed by atoms with E-state index < -0.39 is 11.2 Å². The molecule has 0 atom stereocenters. The predicted molar refractivity (Wildman–Crippen MR) is 79.6 cm³/mol. The Labute approximate surface area is 128 Å². The Kier molecular flexibility index (Phi) is 4.52. The van der Waals surface area contributed by atoms with Gasteiger partial charge in [-0.25, -0.2) is 4.39 Å². The molecule has 114 valence electrons. The van der Waals surface area contributed by atoms with E-state index in [1.54, 1.807) is 4.90 Å². The highest BCUT2D eigenvalue weighted by Crippen LogP contribution is 2.48. The van der Waals surface area contributed by atoms with Crippen LogP contribution >= 0.6 is 11.6 Å². The van der Waals surface area contributed by atoms with Crippen molar-refractivity contribution in [1.82, 2.24) is 4.90 Å². The van der Waals surface area contributed by atoms with Crippen LogP contribution in [0.15, 0.2) is 18.2 Å². The van der Waals surface area contributed by atoms with Crippen LogP contribution in [0.3, 0.4) is 0 Å².